The van der Waals surface area contributed by atoms with E-state index in [2.05, 4.69) is 18.1 Å². The number of esters is 1. The Balaban J connectivity index is 2.09. The van der Waals surface area contributed by atoms with E-state index in [1.807, 2.05) is 78.9 Å². The second kappa shape index (κ2) is 9.70. The fraction of sp³-hybridized carbons (Fsp3) is 0.138. The number of allylic oxidation sites excluding steroid dienone is 2. The van der Waals surface area contributed by atoms with Crippen LogP contribution in [0.1, 0.15) is 18.1 Å². The first-order valence-electron chi connectivity index (χ1n) is 11.1. The summed E-state index contributed by atoms with van der Waals surface area (Å²) >= 11 is 0. The molecule has 0 saturated carbocycles. The summed E-state index contributed by atoms with van der Waals surface area (Å²) in [5.41, 5.74) is 5.02. The number of benzene rings is 3. The predicted molar refractivity (Wildman–Crippen MR) is 134 cm³/mol. The van der Waals surface area contributed by atoms with Crippen LogP contribution in [-0.4, -0.2) is 19.0 Å². The van der Waals surface area contributed by atoms with Crippen molar-refractivity contribution in [3.05, 3.63) is 126 Å². The number of hydrogen-bond donors (Lipinski definition) is 1. The number of amides is 1. The van der Waals surface area contributed by atoms with Crippen LogP contribution in [0.3, 0.4) is 0 Å². The van der Waals surface area contributed by atoms with E-state index in [0.29, 0.717) is 28.1 Å². The summed E-state index contributed by atoms with van der Waals surface area (Å²) in [5, 5.41) is 11.5. The summed E-state index contributed by atoms with van der Waals surface area (Å²) in [6.45, 7) is 5.92. The molecule has 1 N–H and O–H groups in total. The lowest BCUT2D eigenvalue weighted by molar-refractivity contribution is -0.148. The summed E-state index contributed by atoms with van der Waals surface area (Å²) in [7, 11) is 1.25. The predicted octanol–water partition coefficient (Wildman–Crippen LogP) is 4.67. The van der Waals surface area contributed by atoms with Crippen LogP contribution in [0.2, 0.25) is 0 Å². The zero-order chi connectivity index (χ0) is 25.0. The minimum atomic E-state index is -1.31. The van der Waals surface area contributed by atoms with Gasteiger partial charge in [-0.25, -0.2) is 5.01 Å². The zero-order valence-electron chi connectivity index (χ0n) is 19.6. The van der Waals surface area contributed by atoms with Gasteiger partial charge in [-0.3, -0.25) is 15.0 Å². The molecule has 1 amide bonds. The van der Waals surface area contributed by atoms with Gasteiger partial charge in [-0.15, -0.1) is 0 Å². The Bertz CT molecular complexity index is 1290. The molecular formula is C29H25N3O3. The number of carbonyl (C=O) groups excluding carboxylic acids is 2. The number of rotatable bonds is 6. The summed E-state index contributed by atoms with van der Waals surface area (Å²) in [6.07, 6.45) is 0. The number of carbonyl (C=O) groups is 2. The normalized spacial score (nSPS) is 15.7. The van der Waals surface area contributed by atoms with Crippen molar-refractivity contribution in [3.63, 3.8) is 0 Å². The van der Waals surface area contributed by atoms with E-state index in [-0.39, 0.29) is 5.57 Å². The maximum Gasteiger partial charge on any atom is 0.322 e. The topological polar surface area (TPSA) is 82.4 Å². The van der Waals surface area contributed by atoms with E-state index in [9.17, 15) is 14.9 Å². The molecule has 0 saturated heterocycles. The molecule has 6 nitrogen and oxygen atoms in total. The molecular weight excluding hydrogens is 438 g/mol. The minimum Gasteiger partial charge on any atom is -0.468 e. The molecule has 6 heteroatoms. The molecule has 1 atom stereocenters. The highest BCUT2D eigenvalue weighted by Crippen LogP contribution is 2.50. The van der Waals surface area contributed by atoms with E-state index < -0.39 is 23.2 Å². The molecule has 0 bridgehead atoms. The molecule has 3 aromatic carbocycles. The van der Waals surface area contributed by atoms with Gasteiger partial charge in [-0.2, -0.15) is 5.26 Å². The van der Waals surface area contributed by atoms with Gasteiger partial charge in [0.15, 0.2) is 5.92 Å². The number of hydrazine groups is 1. The summed E-state index contributed by atoms with van der Waals surface area (Å²) in [6, 6.07) is 29.9. The molecule has 0 radical (unpaired) electrons. The maximum atomic E-state index is 13.9. The molecule has 35 heavy (non-hydrogen) atoms. The molecule has 0 fully saturated rings. The van der Waals surface area contributed by atoms with Crippen molar-refractivity contribution in [2.24, 2.45) is 5.92 Å². The van der Waals surface area contributed by atoms with Crippen LogP contribution in [-0.2, 0) is 19.7 Å². The van der Waals surface area contributed by atoms with Gasteiger partial charge in [0.25, 0.3) is 5.91 Å². The lowest BCUT2D eigenvalue weighted by atomic mass is 9.60. The number of methoxy groups -OCH3 is 1. The van der Waals surface area contributed by atoms with E-state index >= 15 is 0 Å². The molecule has 3 aromatic rings. The van der Waals surface area contributed by atoms with Crippen LogP contribution in [0.25, 0.3) is 0 Å². The Morgan fingerprint density at radius 1 is 0.971 bits per heavy atom. The average Bonchev–Trinajstić information content (AvgIpc) is 2.91. The second-order valence-electron chi connectivity index (χ2n) is 8.19. The molecule has 0 aromatic heterocycles. The Morgan fingerprint density at radius 2 is 1.46 bits per heavy atom. The van der Waals surface area contributed by atoms with Gasteiger partial charge in [0, 0.05) is 11.3 Å². The third-order valence-corrected chi connectivity index (χ3v) is 6.30. The number of nitrogens with zero attached hydrogens (tertiary/aromatic N) is 2. The smallest absolute Gasteiger partial charge is 0.322 e. The van der Waals surface area contributed by atoms with Crippen LogP contribution in [0.5, 0.6) is 0 Å². The van der Waals surface area contributed by atoms with Crippen LogP contribution >= 0.6 is 0 Å². The second-order valence-corrected chi connectivity index (χ2v) is 8.19. The van der Waals surface area contributed by atoms with Crippen molar-refractivity contribution < 1.29 is 14.3 Å². The van der Waals surface area contributed by atoms with Gasteiger partial charge in [0.05, 0.1) is 24.3 Å². The number of para-hydroxylation sites is 1. The third kappa shape index (κ3) is 3.87. The minimum absolute atomic E-state index is 0.181. The van der Waals surface area contributed by atoms with Crippen molar-refractivity contribution in [1.29, 1.82) is 5.26 Å². The molecule has 4 rings (SSSR count). The monoisotopic (exact) mass is 463 g/mol. The summed E-state index contributed by atoms with van der Waals surface area (Å²) in [5.74, 6) is -2.54. The number of ether oxygens (including phenoxy) is 1. The van der Waals surface area contributed by atoms with Crippen molar-refractivity contribution in [3.8, 4) is 6.07 Å². The first kappa shape index (κ1) is 23.5. The number of nitrogens with one attached hydrogen (secondary N) is 1. The average molecular weight is 464 g/mol. The van der Waals surface area contributed by atoms with Crippen molar-refractivity contribution in [1.82, 2.24) is 5.43 Å². The van der Waals surface area contributed by atoms with Gasteiger partial charge in [-0.05, 0) is 35.8 Å². The molecule has 1 aliphatic rings. The number of anilines is 1. The molecule has 1 unspecified atom stereocenters. The van der Waals surface area contributed by atoms with Crippen LogP contribution < -0.4 is 10.4 Å². The number of hydrogen-bond acceptors (Lipinski definition) is 5. The van der Waals surface area contributed by atoms with Crippen LogP contribution in [0.15, 0.2) is 114 Å². The lowest BCUT2D eigenvalue weighted by Crippen LogP contribution is -2.56. The van der Waals surface area contributed by atoms with Crippen molar-refractivity contribution in [2.75, 3.05) is 12.1 Å². The highest BCUT2D eigenvalue weighted by molar-refractivity contribution is 6.10. The van der Waals surface area contributed by atoms with Crippen molar-refractivity contribution in [2.45, 2.75) is 12.3 Å². The highest BCUT2D eigenvalue weighted by atomic mass is 16.5. The SMILES string of the molecule is C=C(C#N)C(C1=C(C)NN(c2ccccc2)C(=O)C1C(=O)OC)(c1ccccc1)c1ccccc1. The largest absolute Gasteiger partial charge is 0.468 e. The van der Waals surface area contributed by atoms with E-state index in [4.69, 9.17) is 4.74 Å². The van der Waals surface area contributed by atoms with E-state index in [1.165, 1.54) is 12.1 Å². The molecule has 1 heterocycles. The van der Waals surface area contributed by atoms with Gasteiger partial charge in [-0.1, -0.05) is 85.4 Å². The van der Waals surface area contributed by atoms with E-state index in [0.717, 1.165) is 0 Å². The Kier molecular flexibility index (Phi) is 6.52. The summed E-state index contributed by atoms with van der Waals surface area (Å²) < 4.78 is 5.14. The first-order chi connectivity index (χ1) is 17.0. The lowest BCUT2D eigenvalue weighted by Gasteiger charge is -2.44. The Morgan fingerprint density at radius 3 is 1.91 bits per heavy atom. The Labute approximate surface area is 204 Å². The molecule has 1 aliphatic heterocycles. The number of nitriles is 1. The summed E-state index contributed by atoms with van der Waals surface area (Å²) in [4.78, 5) is 27.2. The standard InChI is InChI=1S/C29H25N3O3/c1-20(19-30)29(22-13-7-4-8-14-22,23-15-9-5-10-16-23)26-21(2)31-32(24-17-11-6-12-18-24)27(33)25(26)28(34)35-3/h4-18,25,31H,1H2,2-3H3. The fourth-order valence-corrected chi connectivity index (χ4v) is 4.80. The van der Waals surface area contributed by atoms with Crippen LogP contribution in [0, 0.1) is 17.2 Å². The molecule has 0 spiro atoms. The molecule has 174 valence electrons. The fourth-order valence-electron chi connectivity index (χ4n) is 4.80. The van der Waals surface area contributed by atoms with Gasteiger partial charge in [0.1, 0.15) is 0 Å². The first-order valence-corrected chi connectivity index (χ1v) is 11.1. The highest BCUT2D eigenvalue weighted by Gasteiger charge is 2.53. The van der Waals surface area contributed by atoms with Crippen molar-refractivity contribution >= 4 is 17.6 Å². The quantitative estimate of drug-likeness (QED) is 0.326. The molecule has 0 aliphatic carbocycles. The Hall–Kier alpha value is -4.63. The maximum absolute atomic E-state index is 13.9. The zero-order valence-corrected chi connectivity index (χ0v) is 19.6. The van der Waals surface area contributed by atoms with Gasteiger partial charge < -0.3 is 4.74 Å². The van der Waals surface area contributed by atoms with Gasteiger partial charge >= 0.3 is 5.97 Å². The third-order valence-electron chi connectivity index (χ3n) is 6.30. The van der Waals surface area contributed by atoms with Gasteiger partial charge in [0.2, 0.25) is 0 Å². The van der Waals surface area contributed by atoms with E-state index in [1.54, 1.807) is 19.1 Å². The van der Waals surface area contributed by atoms with Crippen LogP contribution in [0.4, 0.5) is 5.69 Å².